The van der Waals surface area contributed by atoms with Crippen LogP contribution < -0.4 is 15.8 Å². The van der Waals surface area contributed by atoms with E-state index in [1.54, 1.807) is 25.3 Å². The van der Waals surface area contributed by atoms with E-state index in [2.05, 4.69) is 5.32 Å². The maximum Gasteiger partial charge on any atom is 0.257 e. The molecule has 0 radical (unpaired) electrons. The van der Waals surface area contributed by atoms with Gasteiger partial charge in [0, 0.05) is 12.2 Å². The number of anilines is 1. The molecule has 0 unspecified atom stereocenters. The van der Waals surface area contributed by atoms with Gasteiger partial charge < -0.3 is 15.8 Å². The van der Waals surface area contributed by atoms with E-state index in [1.165, 1.54) is 24.3 Å². The van der Waals surface area contributed by atoms with Crippen molar-refractivity contribution in [2.24, 2.45) is 5.92 Å². The standard InChI is InChI=1S/C14H20N2O2S/c1-18-12-4-2-3-11(15)13(12)14(17)16-9-10-5-7-19-8-6-10/h2-4,10H,5-9,15H2,1H3,(H,16,17). The molecule has 3 N–H and O–H groups in total. The summed E-state index contributed by atoms with van der Waals surface area (Å²) in [6.45, 7) is 0.719. The topological polar surface area (TPSA) is 64.3 Å². The summed E-state index contributed by atoms with van der Waals surface area (Å²) >= 11 is 1.99. The molecule has 1 fully saturated rings. The van der Waals surface area contributed by atoms with Gasteiger partial charge in [-0.3, -0.25) is 4.79 Å². The van der Waals surface area contributed by atoms with Crippen LogP contribution in [0, 0.1) is 5.92 Å². The summed E-state index contributed by atoms with van der Waals surface area (Å²) in [6, 6.07) is 5.25. The molecule has 1 aromatic rings. The van der Waals surface area contributed by atoms with E-state index in [4.69, 9.17) is 10.5 Å². The minimum atomic E-state index is -0.145. The zero-order chi connectivity index (χ0) is 13.7. The summed E-state index contributed by atoms with van der Waals surface area (Å²) in [5.74, 6) is 3.35. The number of carbonyl (C=O) groups is 1. The van der Waals surface area contributed by atoms with E-state index < -0.39 is 0 Å². The molecule has 1 aliphatic heterocycles. The summed E-state index contributed by atoms with van der Waals surface area (Å²) in [4.78, 5) is 12.2. The number of hydrogen-bond acceptors (Lipinski definition) is 4. The lowest BCUT2D eigenvalue weighted by molar-refractivity contribution is 0.0944. The normalized spacial score (nSPS) is 16.1. The number of benzene rings is 1. The number of rotatable bonds is 4. The number of nitrogen functional groups attached to an aromatic ring is 1. The predicted molar refractivity (Wildman–Crippen MR) is 79.8 cm³/mol. The van der Waals surface area contributed by atoms with Crippen molar-refractivity contribution in [3.8, 4) is 5.75 Å². The number of carbonyl (C=O) groups excluding carboxylic acids is 1. The SMILES string of the molecule is COc1cccc(N)c1C(=O)NCC1CCSCC1. The number of methoxy groups -OCH3 is 1. The van der Waals surface area contributed by atoms with Crippen LogP contribution in [0.25, 0.3) is 0 Å². The molecule has 1 aromatic carbocycles. The Bertz CT molecular complexity index is 445. The van der Waals surface area contributed by atoms with Crippen molar-refractivity contribution >= 4 is 23.4 Å². The van der Waals surface area contributed by atoms with Crippen LogP contribution in [0.15, 0.2) is 18.2 Å². The molecular weight excluding hydrogens is 260 g/mol. The first-order valence-corrected chi connectivity index (χ1v) is 7.66. The molecule has 104 valence electrons. The number of amides is 1. The molecule has 0 atom stereocenters. The minimum absolute atomic E-state index is 0.145. The molecule has 19 heavy (non-hydrogen) atoms. The molecule has 1 heterocycles. The lowest BCUT2D eigenvalue weighted by Crippen LogP contribution is -2.31. The van der Waals surface area contributed by atoms with E-state index in [9.17, 15) is 4.79 Å². The molecular formula is C14H20N2O2S. The molecule has 0 spiro atoms. The summed E-state index contributed by atoms with van der Waals surface area (Å²) in [5, 5.41) is 2.98. The molecule has 0 saturated carbocycles. The summed E-state index contributed by atoms with van der Waals surface area (Å²) in [6.07, 6.45) is 2.35. The second kappa shape index (κ2) is 6.70. The highest BCUT2D eigenvalue weighted by molar-refractivity contribution is 7.99. The third-order valence-electron chi connectivity index (χ3n) is 3.40. The first kappa shape index (κ1) is 14.1. The summed E-state index contributed by atoms with van der Waals surface area (Å²) in [5.41, 5.74) is 6.76. The summed E-state index contributed by atoms with van der Waals surface area (Å²) in [7, 11) is 1.55. The molecule has 4 nitrogen and oxygen atoms in total. The molecule has 5 heteroatoms. The summed E-state index contributed by atoms with van der Waals surface area (Å²) < 4.78 is 5.19. The van der Waals surface area contributed by atoms with Gasteiger partial charge in [0.15, 0.2) is 0 Å². The van der Waals surface area contributed by atoms with Gasteiger partial charge in [0.2, 0.25) is 0 Å². The zero-order valence-corrected chi connectivity index (χ0v) is 12.0. The van der Waals surface area contributed by atoms with E-state index in [-0.39, 0.29) is 5.91 Å². The zero-order valence-electron chi connectivity index (χ0n) is 11.1. The minimum Gasteiger partial charge on any atom is -0.496 e. The highest BCUT2D eigenvalue weighted by atomic mass is 32.2. The Morgan fingerprint density at radius 2 is 2.21 bits per heavy atom. The first-order chi connectivity index (χ1) is 9.22. The van der Waals surface area contributed by atoms with Crippen LogP contribution in [-0.4, -0.2) is 31.1 Å². The molecule has 0 bridgehead atoms. The van der Waals surface area contributed by atoms with Gasteiger partial charge in [-0.05, 0) is 42.4 Å². The Kier molecular flexibility index (Phi) is 4.96. The average molecular weight is 280 g/mol. The largest absolute Gasteiger partial charge is 0.496 e. The number of ether oxygens (including phenoxy) is 1. The number of nitrogens with two attached hydrogens (primary N) is 1. The van der Waals surface area contributed by atoms with Crippen LogP contribution in [-0.2, 0) is 0 Å². The third kappa shape index (κ3) is 3.56. The van der Waals surface area contributed by atoms with Crippen LogP contribution >= 0.6 is 11.8 Å². The van der Waals surface area contributed by atoms with Crippen molar-refractivity contribution in [1.82, 2.24) is 5.32 Å². The van der Waals surface area contributed by atoms with Crippen molar-refractivity contribution in [2.45, 2.75) is 12.8 Å². The van der Waals surface area contributed by atoms with E-state index in [1.807, 2.05) is 11.8 Å². The quantitative estimate of drug-likeness (QED) is 0.830. The fraction of sp³-hybridized carbons (Fsp3) is 0.500. The van der Waals surface area contributed by atoms with E-state index >= 15 is 0 Å². The Morgan fingerprint density at radius 3 is 2.89 bits per heavy atom. The van der Waals surface area contributed by atoms with Crippen LogP contribution in [0.5, 0.6) is 5.75 Å². The number of thioether (sulfide) groups is 1. The van der Waals surface area contributed by atoms with Gasteiger partial charge in [-0.2, -0.15) is 11.8 Å². The molecule has 0 aromatic heterocycles. The van der Waals surface area contributed by atoms with Gasteiger partial charge in [0.05, 0.1) is 7.11 Å². The number of hydrogen-bond donors (Lipinski definition) is 2. The second-order valence-corrected chi connectivity index (χ2v) is 5.92. The Hall–Kier alpha value is -1.36. The molecule has 1 saturated heterocycles. The number of nitrogens with one attached hydrogen (secondary N) is 1. The molecule has 1 amide bonds. The highest BCUT2D eigenvalue weighted by Gasteiger charge is 2.18. The van der Waals surface area contributed by atoms with Crippen LogP contribution in [0.2, 0.25) is 0 Å². The monoisotopic (exact) mass is 280 g/mol. The van der Waals surface area contributed by atoms with Crippen molar-refractivity contribution in [3.63, 3.8) is 0 Å². The van der Waals surface area contributed by atoms with E-state index in [0.717, 1.165) is 6.54 Å². The van der Waals surface area contributed by atoms with Crippen molar-refractivity contribution in [3.05, 3.63) is 23.8 Å². The Morgan fingerprint density at radius 1 is 1.47 bits per heavy atom. The lowest BCUT2D eigenvalue weighted by Gasteiger charge is -2.22. The van der Waals surface area contributed by atoms with Gasteiger partial charge in [-0.15, -0.1) is 0 Å². The van der Waals surface area contributed by atoms with Gasteiger partial charge >= 0.3 is 0 Å². The van der Waals surface area contributed by atoms with Gasteiger partial charge in [-0.25, -0.2) is 0 Å². The maximum atomic E-state index is 12.2. The van der Waals surface area contributed by atoms with Crippen molar-refractivity contribution in [2.75, 3.05) is 30.9 Å². The van der Waals surface area contributed by atoms with Crippen molar-refractivity contribution in [1.29, 1.82) is 0 Å². The van der Waals surface area contributed by atoms with Crippen LogP contribution in [0.4, 0.5) is 5.69 Å². The van der Waals surface area contributed by atoms with Crippen LogP contribution in [0.1, 0.15) is 23.2 Å². The molecule has 0 aliphatic carbocycles. The maximum absolute atomic E-state index is 12.2. The fourth-order valence-electron chi connectivity index (χ4n) is 2.24. The Labute approximate surface area is 118 Å². The van der Waals surface area contributed by atoms with Gasteiger partial charge in [0.1, 0.15) is 11.3 Å². The first-order valence-electron chi connectivity index (χ1n) is 6.50. The lowest BCUT2D eigenvalue weighted by atomic mass is 10.0. The predicted octanol–water partition coefficient (Wildman–Crippen LogP) is 2.15. The van der Waals surface area contributed by atoms with E-state index in [0.29, 0.717) is 22.9 Å². The van der Waals surface area contributed by atoms with Crippen LogP contribution in [0.3, 0.4) is 0 Å². The average Bonchev–Trinajstić information content (AvgIpc) is 2.45. The third-order valence-corrected chi connectivity index (χ3v) is 4.45. The smallest absolute Gasteiger partial charge is 0.257 e. The van der Waals surface area contributed by atoms with Crippen molar-refractivity contribution < 1.29 is 9.53 Å². The molecule has 2 rings (SSSR count). The van der Waals surface area contributed by atoms with Gasteiger partial charge in [0.25, 0.3) is 5.91 Å². The molecule has 1 aliphatic rings. The van der Waals surface area contributed by atoms with Gasteiger partial charge in [-0.1, -0.05) is 6.07 Å². The fourth-order valence-corrected chi connectivity index (χ4v) is 3.44. The highest BCUT2D eigenvalue weighted by Crippen LogP contribution is 2.25. The second-order valence-electron chi connectivity index (χ2n) is 4.69. The Balaban J connectivity index is 1.99.